The number of nitrogens with zero attached hydrogens (tertiary/aromatic N) is 3. The van der Waals surface area contributed by atoms with E-state index in [2.05, 4.69) is 23.5 Å². The summed E-state index contributed by atoms with van der Waals surface area (Å²) in [7, 11) is 6.13. The number of carbonyl (C=O) groups excluding carboxylic acids is 2. The molecule has 1 heterocycles. The Labute approximate surface area is 139 Å². The molecule has 0 aliphatic carbocycles. The lowest BCUT2D eigenvalue weighted by atomic mass is 9.88. The number of ether oxygens (including phenoxy) is 1. The molecule has 1 aromatic rings. The van der Waals surface area contributed by atoms with E-state index in [0.717, 1.165) is 5.56 Å². The molecule has 7 nitrogen and oxygen atoms in total. The van der Waals surface area contributed by atoms with Crippen LogP contribution >= 0.6 is 18.8 Å². The number of rotatable bonds is 5. The average Bonchev–Trinajstić information content (AvgIpc) is 2.58. The van der Waals surface area contributed by atoms with Crippen molar-refractivity contribution in [3.8, 4) is 0 Å². The summed E-state index contributed by atoms with van der Waals surface area (Å²) in [5.74, 6) is -0.777. The number of hydrogen-bond acceptors (Lipinski definition) is 4. The highest BCUT2D eigenvalue weighted by Crippen LogP contribution is 2.28. The van der Waals surface area contributed by atoms with Crippen molar-refractivity contribution >= 4 is 36.6 Å². The van der Waals surface area contributed by atoms with Crippen molar-refractivity contribution in [2.45, 2.75) is 12.6 Å². The van der Waals surface area contributed by atoms with Gasteiger partial charge >= 0.3 is 5.97 Å². The number of amides is 1. The molecule has 23 heavy (non-hydrogen) atoms. The van der Waals surface area contributed by atoms with Crippen molar-refractivity contribution in [2.24, 2.45) is 16.4 Å². The summed E-state index contributed by atoms with van der Waals surface area (Å²) in [6.07, 6.45) is 0. The van der Waals surface area contributed by atoms with Crippen LogP contribution in [0.3, 0.4) is 0 Å². The Kier molecular flexibility index (Phi) is 5.91. The number of benzene rings is 1. The van der Waals surface area contributed by atoms with Crippen molar-refractivity contribution in [3.05, 3.63) is 35.9 Å². The third-order valence-corrected chi connectivity index (χ3v) is 4.49. The smallest absolute Gasteiger partial charge is 0.330 e. The molecular formula is C14H20N4O3P2. The van der Waals surface area contributed by atoms with Gasteiger partial charge in [0.2, 0.25) is 5.91 Å². The number of hydrogen-bond donors (Lipinski definition) is 1. The van der Waals surface area contributed by atoms with E-state index in [1.54, 1.807) is 11.7 Å². The molecule has 1 fully saturated rings. The normalized spacial score (nSPS) is 20.9. The Bertz CT molecular complexity index is 611. The highest BCUT2D eigenvalue weighted by Gasteiger charge is 2.50. The number of likely N-dealkylation sites (N-methyl/N-ethyl adjacent to an activating group) is 1. The molecule has 1 aromatic carbocycles. The predicted molar refractivity (Wildman–Crippen MR) is 94.0 cm³/mol. The maximum atomic E-state index is 12.3. The Hall–Kier alpha value is -1.71. The highest BCUT2D eigenvalue weighted by atomic mass is 31.0. The number of β-lactam (4-membered cyclic amide) rings is 1. The minimum Gasteiger partial charge on any atom is -0.459 e. The molecule has 0 spiro atoms. The van der Waals surface area contributed by atoms with Crippen molar-refractivity contribution in [1.29, 1.82) is 0 Å². The van der Waals surface area contributed by atoms with Crippen LogP contribution in [0.1, 0.15) is 5.56 Å². The fraction of sp³-hybridized carbons (Fsp3) is 0.357. The maximum absolute atomic E-state index is 12.3. The Morgan fingerprint density at radius 2 is 2.09 bits per heavy atom. The minimum absolute atomic E-state index is 0.115. The number of nitrogens with two attached hydrogens (primary N) is 1. The predicted octanol–water partition coefficient (Wildman–Crippen LogP) is 0.383. The molecule has 1 saturated heterocycles. The summed E-state index contributed by atoms with van der Waals surface area (Å²) >= 11 is 0. The number of carbonyl (C=O) groups is 2. The van der Waals surface area contributed by atoms with Gasteiger partial charge in [-0.2, -0.15) is 0 Å². The van der Waals surface area contributed by atoms with Gasteiger partial charge in [-0.15, -0.1) is 0 Å². The number of esters is 1. The first-order chi connectivity index (χ1) is 11.0. The monoisotopic (exact) mass is 354 g/mol. The lowest BCUT2D eigenvalue weighted by molar-refractivity contribution is -0.173. The van der Waals surface area contributed by atoms with Gasteiger partial charge in [0.15, 0.2) is 5.96 Å². The quantitative estimate of drug-likeness (QED) is 0.272. The molecule has 2 rings (SSSR count). The van der Waals surface area contributed by atoms with Crippen LogP contribution in [-0.4, -0.2) is 47.0 Å². The topological polar surface area (TPSA) is 88.2 Å². The van der Waals surface area contributed by atoms with Crippen LogP contribution in [0.25, 0.3) is 0 Å². The van der Waals surface area contributed by atoms with Gasteiger partial charge in [0.1, 0.15) is 12.6 Å². The number of guanidine groups is 1. The summed E-state index contributed by atoms with van der Waals surface area (Å²) in [5, 5.41) is 0. The maximum Gasteiger partial charge on any atom is 0.330 e. The molecule has 2 N–H and O–H groups in total. The van der Waals surface area contributed by atoms with Gasteiger partial charge in [-0.25, -0.2) is 9.56 Å². The van der Waals surface area contributed by atoms with E-state index in [4.69, 9.17) is 10.5 Å². The van der Waals surface area contributed by atoms with Crippen LogP contribution in [-0.2, 0) is 20.9 Å². The zero-order chi connectivity index (χ0) is 17.0. The van der Waals surface area contributed by atoms with Crippen LogP contribution in [0.4, 0.5) is 0 Å². The molecule has 9 heteroatoms. The molecule has 4 unspecified atom stereocenters. The van der Waals surface area contributed by atoms with Crippen molar-refractivity contribution in [3.63, 3.8) is 0 Å². The second-order valence-corrected chi connectivity index (χ2v) is 6.11. The molecule has 0 saturated carbocycles. The Morgan fingerprint density at radius 3 is 2.70 bits per heavy atom. The molecule has 1 amide bonds. The van der Waals surface area contributed by atoms with Gasteiger partial charge in [0, 0.05) is 13.6 Å². The largest absolute Gasteiger partial charge is 0.459 e. The fourth-order valence-electron chi connectivity index (χ4n) is 2.42. The van der Waals surface area contributed by atoms with Crippen LogP contribution in [0.5, 0.6) is 0 Å². The van der Waals surface area contributed by atoms with Gasteiger partial charge < -0.3 is 20.0 Å². The summed E-state index contributed by atoms with van der Waals surface area (Å²) < 4.78 is 10.6. The van der Waals surface area contributed by atoms with E-state index in [9.17, 15) is 9.59 Å². The van der Waals surface area contributed by atoms with Gasteiger partial charge in [-0.1, -0.05) is 30.3 Å². The Balaban J connectivity index is 1.96. The highest BCUT2D eigenvalue weighted by molar-refractivity contribution is 7.16. The summed E-state index contributed by atoms with van der Waals surface area (Å²) in [4.78, 5) is 25.7. The van der Waals surface area contributed by atoms with Gasteiger partial charge in [0.05, 0.1) is 5.92 Å². The Morgan fingerprint density at radius 1 is 1.43 bits per heavy atom. The summed E-state index contributed by atoms with van der Waals surface area (Å²) in [6.45, 7) is 0.466. The van der Waals surface area contributed by atoms with E-state index in [1.165, 1.54) is 4.90 Å². The average molecular weight is 354 g/mol. The lowest BCUT2D eigenvalue weighted by Crippen LogP contribution is -2.65. The number of likely N-dealkylation sites (tertiary alicyclic amines) is 1. The molecule has 4 atom stereocenters. The zero-order valence-electron chi connectivity index (χ0n) is 12.8. The van der Waals surface area contributed by atoms with Gasteiger partial charge in [0.25, 0.3) is 0 Å². The standard InChI is InChI=1S/C14H20N4O3P2/c1-17-11(10(12(17)19)7-18(23)14(15)16-22)13(20)21-8-9-5-3-2-4-6-9/h2-6,10-11H,7-8,22-23H2,1H3,(H2,15,16). The summed E-state index contributed by atoms with van der Waals surface area (Å²) in [5.41, 5.74) is 6.57. The summed E-state index contributed by atoms with van der Waals surface area (Å²) in [6, 6.07) is 8.79. The van der Waals surface area contributed by atoms with Crippen LogP contribution in [0, 0.1) is 5.92 Å². The molecule has 124 valence electrons. The third-order valence-electron chi connectivity index (χ3n) is 3.75. The van der Waals surface area contributed by atoms with Gasteiger partial charge in [-0.3, -0.25) is 4.79 Å². The third kappa shape index (κ3) is 3.98. The molecule has 1 aliphatic rings. The second kappa shape index (κ2) is 7.71. The molecule has 1 aliphatic heterocycles. The van der Waals surface area contributed by atoms with E-state index in [1.807, 2.05) is 30.3 Å². The van der Waals surface area contributed by atoms with Crippen molar-refractivity contribution in [2.75, 3.05) is 13.6 Å². The van der Waals surface area contributed by atoms with Crippen molar-refractivity contribution < 1.29 is 14.3 Å². The van der Waals surface area contributed by atoms with Crippen LogP contribution in [0.15, 0.2) is 35.1 Å². The first kappa shape index (κ1) is 17.6. The van der Waals surface area contributed by atoms with Gasteiger partial charge in [-0.05, 0) is 24.3 Å². The minimum atomic E-state index is -0.605. The zero-order valence-corrected chi connectivity index (χ0v) is 15.1. The van der Waals surface area contributed by atoms with E-state index >= 15 is 0 Å². The van der Waals surface area contributed by atoms with E-state index in [-0.39, 0.29) is 25.0 Å². The van der Waals surface area contributed by atoms with Crippen LogP contribution in [0.2, 0.25) is 0 Å². The molecule has 0 aromatic heterocycles. The molecular weight excluding hydrogens is 334 g/mol. The lowest BCUT2D eigenvalue weighted by Gasteiger charge is -2.44. The van der Waals surface area contributed by atoms with E-state index < -0.39 is 17.9 Å². The first-order valence-corrected chi connectivity index (χ1v) is 8.01. The molecule has 0 radical (unpaired) electrons. The SMILES string of the molecule is CN1C(=O)C(CN(P)C(N)=NP)C1C(=O)OCc1ccccc1. The van der Waals surface area contributed by atoms with Crippen molar-refractivity contribution in [1.82, 2.24) is 9.57 Å². The molecule has 0 bridgehead atoms. The first-order valence-electron chi connectivity index (χ1n) is 6.98. The van der Waals surface area contributed by atoms with Crippen LogP contribution < -0.4 is 5.73 Å². The van der Waals surface area contributed by atoms with E-state index in [0.29, 0.717) is 0 Å². The second-order valence-electron chi connectivity index (χ2n) is 5.23. The fourth-order valence-corrected chi connectivity index (χ4v) is 2.99.